The largest absolute Gasteiger partial charge is 0.454 e. The molecule has 3 fully saturated rings. The first-order valence-electron chi connectivity index (χ1n) is 19.1. The Morgan fingerprint density at radius 1 is 0.898 bits per heavy atom. The van der Waals surface area contributed by atoms with Crippen molar-refractivity contribution >= 4 is 36.7 Å². The van der Waals surface area contributed by atoms with Crippen LogP contribution in [0.5, 0.6) is 0 Å². The molecule has 0 aromatic carbocycles. The molecule has 2 N–H and O–H groups in total. The van der Waals surface area contributed by atoms with Gasteiger partial charge in [-0.05, 0) is 80.9 Å². The molecule has 0 unspecified atom stereocenters. The summed E-state index contributed by atoms with van der Waals surface area (Å²) in [6.45, 7) is 28.5. The zero-order chi connectivity index (χ0) is 37.2. The molecule has 9 nitrogen and oxygen atoms in total. The maximum Gasteiger partial charge on any atom is 0.303 e. The van der Waals surface area contributed by atoms with Gasteiger partial charge in [-0.3, -0.25) is 9.59 Å². The molecule has 12 heteroatoms. The Hall–Kier alpha value is -0.709. The van der Waals surface area contributed by atoms with Crippen LogP contribution in [0.4, 0.5) is 0 Å². The molecule has 1 heterocycles. The van der Waals surface area contributed by atoms with E-state index in [1.54, 1.807) is 0 Å². The van der Waals surface area contributed by atoms with E-state index in [1.165, 1.54) is 6.92 Å². The average molecular weight is 741 g/mol. The fraction of sp³-hybridized carbons (Fsp3) is 0.892. The van der Waals surface area contributed by atoms with Crippen LogP contribution in [0, 0.1) is 16.7 Å². The summed E-state index contributed by atoms with van der Waals surface area (Å²) in [5.41, 5.74) is -3.93. The van der Waals surface area contributed by atoms with E-state index in [9.17, 15) is 15.0 Å². The number of ketones is 1. The molecule has 4 aliphatic rings. The highest BCUT2D eigenvalue weighted by Crippen LogP contribution is 2.64. The van der Waals surface area contributed by atoms with Crippen LogP contribution in [0.3, 0.4) is 0 Å². The Morgan fingerprint density at radius 3 is 1.84 bits per heavy atom. The van der Waals surface area contributed by atoms with Crippen LogP contribution in [0.25, 0.3) is 0 Å². The highest BCUT2D eigenvalue weighted by atomic mass is 28.4. The van der Waals surface area contributed by atoms with Crippen molar-refractivity contribution in [2.24, 2.45) is 16.7 Å². The first-order valence-corrected chi connectivity index (χ1v) is 27.5. The van der Waals surface area contributed by atoms with Crippen molar-refractivity contribution in [2.75, 3.05) is 6.61 Å². The van der Waals surface area contributed by atoms with E-state index < -0.39 is 89.4 Å². The molecule has 9 atom stereocenters. The van der Waals surface area contributed by atoms with Gasteiger partial charge in [-0.25, -0.2) is 0 Å². The monoisotopic (exact) mass is 740 g/mol. The second kappa shape index (κ2) is 13.9. The molecule has 2 saturated carbocycles. The van der Waals surface area contributed by atoms with Gasteiger partial charge in [-0.2, -0.15) is 0 Å². The summed E-state index contributed by atoms with van der Waals surface area (Å²) in [6.07, 6.45) is -3.72. The Bertz CT molecular complexity index is 1270. The van der Waals surface area contributed by atoms with Gasteiger partial charge in [0.25, 0.3) is 0 Å². The third kappa shape index (κ3) is 6.38. The maximum atomic E-state index is 16.1. The molecule has 49 heavy (non-hydrogen) atoms. The van der Waals surface area contributed by atoms with Gasteiger partial charge in [0, 0.05) is 31.1 Å². The molecule has 3 aliphatic carbocycles. The lowest BCUT2D eigenvalue weighted by atomic mass is 9.45. The fourth-order valence-electron chi connectivity index (χ4n) is 10.1. The summed E-state index contributed by atoms with van der Waals surface area (Å²) < 4.78 is 34.0. The average Bonchev–Trinajstić information content (AvgIpc) is 3.02. The van der Waals surface area contributed by atoms with Gasteiger partial charge in [0.05, 0.1) is 30.3 Å². The predicted octanol–water partition coefficient (Wildman–Crippen LogP) is 7.14. The summed E-state index contributed by atoms with van der Waals surface area (Å²) in [5, 5.41) is 26.4. The topological polar surface area (TPSA) is 121 Å². The van der Waals surface area contributed by atoms with Crippen molar-refractivity contribution in [3.8, 4) is 0 Å². The van der Waals surface area contributed by atoms with Crippen LogP contribution < -0.4 is 0 Å². The van der Waals surface area contributed by atoms with E-state index in [1.807, 2.05) is 27.7 Å². The Kier molecular flexibility index (Phi) is 11.7. The van der Waals surface area contributed by atoms with Crippen molar-refractivity contribution in [3.05, 3.63) is 11.1 Å². The third-order valence-electron chi connectivity index (χ3n) is 13.8. The molecular formula is C37H68O9Si3. The summed E-state index contributed by atoms with van der Waals surface area (Å²) in [4.78, 5) is 29.0. The van der Waals surface area contributed by atoms with Crippen LogP contribution in [0.1, 0.15) is 89.0 Å². The lowest BCUT2D eigenvalue weighted by molar-refractivity contribution is -0.345. The van der Waals surface area contributed by atoms with E-state index >= 15 is 4.79 Å². The SMILES string of the molecule is CC[Si](CC)(CC)O[C@@H]1C(=O)[C@@]2(C)[C@H](O[Si](CC)(CC)CC)C[C@@H]3OC[C@]3(OC(C)=O)[C@@H]2[C@@H](O)[C@@]2(O)C[C@@H](O[Si](C)(C)C)C(C)=C1C2(C)C. The number of aliphatic hydroxyl groups is 2. The van der Waals surface area contributed by atoms with Crippen molar-refractivity contribution < 1.29 is 42.6 Å². The van der Waals surface area contributed by atoms with Crippen LogP contribution in [-0.2, 0) is 32.3 Å². The van der Waals surface area contributed by atoms with Crippen LogP contribution in [0.2, 0.25) is 55.9 Å². The smallest absolute Gasteiger partial charge is 0.303 e. The third-order valence-corrected chi connectivity index (χ3v) is 24.0. The minimum absolute atomic E-state index is 0.0304. The number of hydrogen-bond acceptors (Lipinski definition) is 9. The molecule has 2 bridgehead atoms. The van der Waals surface area contributed by atoms with Gasteiger partial charge < -0.3 is 33.0 Å². The van der Waals surface area contributed by atoms with Crippen molar-refractivity contribution in [1.82, 2.24) is 0 Å². The van der Waals surface area contributed by atoms with Gasteiger partial charge in [-0.15, -0.1) is 0 Å². The Morgan fingerprint density at radius 2 is 1.41 bits per heavy atom. The summed E-state index contributed by atoms with van der Waals surface area (Å²) in [7, 11) is -6.96. The van der Waals surface area contributed by atoms with Gasteiger partial charge >= 0.3 is 5.97 Å². The summed E-state index contributed by atoms with van der Waals surface area (Å²) in [5.74, 6) is -1.69. The van der Waals surface area contributed by atoms with Gasteiger partial charge in [0.1, 0.15) is 17.8 Å². The Labute approximate surface area is 299 Å². The predicted molar refractivity (Wildman–Crippen MR) is 200 cm³/mol. The fourth-order valence-corrected chi connectivity index (χ4v) is 16.9. The molecule has 0 aromatic heterocycles. The lowest BCUT2D eigenvalue weighted by Crippen LogP contribution is -2.82. The second-order valence-electron chi connectivity index (χ2n) is 17.3. The molecule has 0 amide bonds. The number of fused-ring (bicyclic) bond motifs is 5. The van der Waals surface area contributed by atoms with E-state index in [0.717, 1.165) is 47.4 Å². The number of aliphatic hydroxyl groups excluding tert-OH is 1. The van der Waals surface area contributed by atoms with E-state index in [0.29, 0.717) is 6.42 Å². The lowest BCUT2D eigenvalue weighted by Gasteiger charge is -2.68. The highest BCUT2D eigenvalue weighted by molar-refractivity contribution is 6.74. The molecule has 282 valence electrons. The molecule has 4 rings (SSSR count). The molecule has 0 spiro atoms. The second-order valence-corrected chi connectivity index (χ2v) is 31.2. The number of rotatable bonds is 13. The van der Waals surface area contributed by atoms with Gasteiger partial charge in [0.15, 0.2) is 36.3 Å². The standard InChI is InChI=1S/C37H68O9Si3/c1-15-48(16-2,17-3)45-27-21-28-36(23-42-28,43-25(8)38)31-33(40)37(41)22-26(44-47(12,13)14)24(7)29(34(37,9)10)30(32(39)35(27,31)11)46-49(18-4,19-5)20-6/h26-28,30-31,33,40-41H,15-23H2,1-14H3/t26-,27-,28+,30+,31-,33-,35+,36-,37+/m1/s1. The number of Topliss-reactive ketones (excluding diaryl/α,β-unsaturated/α-hetero) is 1. The highest BCUT2D eigenvalue weighted by Gasteiger charge is 2.77. The first kappa shape index (κ1) is 41.1. The zero-order valence-corrected chi connectivity index (χ0v) is 36.1. The summed E-state index contributed by atoms with van der Waals surface area (Å²) in [6, 6.07) is 5.14. The molecule has 0 radical (unpaired) electrons. The van der Waals surface area contributed by atoms with E-state index in [4.69, 9.17) is 22.8 Å². The van der Waals surface area contributed by atoms with Gasteiger partial charge in [-0.1, -0.05) is 55.4 Å². The molecular weight excluding hydrogens is 673 g/mol. The number of esters is 1. The van der Waals surface area contributed by atoms with E-state index in [-0.39, 0.29) is 18.8 Å². The van der Waals surface area contributed by atoms with Crippen LogP contribution in [-0.4, -0.2) is 95.2 Å². The van der Waals surface area contributed by atoms with E-state index in [2.05, 4.69) is 61.2 Å². The molecule has 1 saturated heterocycles. The Balaban J connectivity index is 2.14. The minimum Gasteiger partial charge on any atom is -0.454 e. The van der Waals surface area contributed by atoms with Crippen molar-refractivity contribution in [2.45, 2.75) is 187 Å². The van der Waals surface area contributed by atoms with Crippen LogP contribution in [0.15, 0.2) is 11.1 Å². The van der Waals surface area contributed by atoms with Gasteiger partial charge in [0.2, 0.25) is 0 Å². The number of ether oxygens (including phenoxy) is 2. The zero-order valence-electron chi connectivity index (χ0n) is 33.1. The number of carbonyl (C=O) groups is 2. The molecule has 1 aliphatic heterocycles. The maximum absolute atomic E-state index is 16.1. The normalized spacial score (nSPS) is 37.8. The first-order chi connectivity index (χ1) is 22.6. The van der Waals surface area contributed by atoms with Crippen LogP contribution >= 0.6 is 0 Å². The number of carbonyl (C=O) groups excluding carboxylic acids is 2. The quantitative estimate of drug-likeness (QED) is 0.115. The minimum atomic E-state index is -2.46. The number of hydrogen-bond donors (Lipinski definition) is 2. The molecule has 0 aromatic rings. The summed E-state index contributed by atoms with van der Waals surface area (Å²) >= 11 is 0. The van der Waals surface area contributed by atoms with Crippen molar-refractivity contribution in [3.63, 3.8) is 0 Å². The van der Waals surface area contributed by atoms with Crippen molar-refractivity contribution in [1.29, 1.82) is 0 Å².